The van der Waals surface area contributed by atoms with Gasteiger partial charge in [-0.25, -0.2) is 13.8 Å². The van der Waals surface area contributed by atoms with Crippen molar-refractivity contribution in [2.45, 2.75) is 37.6 Å². The molecule has 1 amide bonds. The minimum atomic E-state index is -0.569. The third-order valence-electron chi connectivity index (χ3n) is 4.46. The Kier molecular flexibility index (Phi) is 5.09. The lowest BCUT2D eigenvalue weighted by atomic mass is 9.79. The van der Waals surface area contributed by atoms with Crippen LogP contribution in [0.5, 0.6) is 0 Å². The second-order valence-electron chi connectivity index (χ2n) is 5.95. The molecule has 0 radical (unpaired) electrons. The van der Waals surface area contributed by atoms with Crippen LogP contribution in [-0.2, 0) is 0 Å². The van der Waals surface area contributed by atoms with Gasteiger partial charge in [0, 0.05) is 23.7 Å². The maximum Gasteiger partial charge on any atom is 0.254 e. The van der Waals surface area contributed by atoms with Crippen molar-refractivity contribution in [2.75, 3.05) is 0 Å². The molecule has 126 valence electrons. The normalized spacial score (nSPS) is 20.6. The molecular formula is C18H17ClF2N2O. The lowest BCUT2D eigenvalue weighted by molar-refractivity contribution is 0.0919. The van der Waals surface area contributed by atoms with Crippen LogP contribution in [0.15, 0.2) is 36.5 Å². The molecule has 0 bridgehead atoms. The molecule has 1 aromatic heterocycles. The van der Waals surface area contributed by atoms with Crippen LogP contribution < -0.4 is 5.32 Å². The molecule has 3 rings (SSSR count). The molecular weight excluding hydrogens is 334 g/mol. The van der Waals surface area contributed by atoms with Gasteiger partial charge >= 0.3 is 0 Å². The first-order valence-corrected chi connectivity index (χ1v) is 8.31. The van der Waals surface area contributed by atoms with Crippen molar-refractivity contribution in [1.82, 2.24) is 10.3 Å². The second-order valence-corrected chi connectivity index (χ2v) is 6.31. The van der Waals surface area contributed by atoms with Gasteiger partial charge in [0.1, 0.15) is 16.8 Å². The SMILES string of the molecule is O=C(N[C@@H]1CCCC[C@@H]1c1c(F)cccc1F)c1cccnc1Cl. The summed E-state index contributed by atoms with van der Waals surface area (Å²) in [6.07, 6.45) is 4.57. The van der Waals surface area contributed by atoms with Gasteiger partial charge in [-0.1, -0.05) is 30.5 Å². The minimum absolute atomic E-state index is 0.0554. The van der Waals surface area contributed by atoms with Gasteiger partial charge in [-0.3, -0.25) is 4.79 Å². The highest BCUT2D eigenvalue weighted by Gasteiger charge is 2.32. The Labute approximate surface area is 144 Å². The summed E-state index contributed by atoms with van der Waals surface area (Å²) in [5.41, 5.74) is 0.317. The molecule has 1 N–H and O–H groups in total. The summed E-state index contributed by atoms with van der Waals surface area (Å²) in [5.74, 6) is -1.90. The van der Waals surface area contributed by atoms with Gasteiger partial charge in [0.2, 0.25) is 0 Å². The van der Waals surface area contributed by atoms with Crippen LogP contribution in [0, 0.1) is 11.6 Å². The smallest absolute Gasteiger partial charge is 0.254 e. The summed E-state index contributed by atoms with van der Waals surface area (Å²) in [7, 11) is 0. The number of carbonyl (C=O) groups excluding carboxylic acids is 1. The Morgan fingerprint density at radius 2 is 1.83 bits per heavy atom. The van der Waals surface area contributed by atoms with Crippen LogP contribution in [0.25, 0.3) is 0 Å². The molecule has 1 aromatic carbocycles. The molecule has 1 fully saturated rings. The predicted molar refractivity (Wildman–Crippen MR) is 88.1 cm³/mol. The number of halogens is 3. The standard InChI is InChI=1S/C18H17ClF2N2O/c19-17-12(6-4-10-22-17)18(24)23-15-9-2-1-5-11(15)16-13(20)7-3-8-14(16)21/h3-4,6-8,10-11,15H,1-2,5,9H2,(H,23,24)/t11-,15+/m0/s1. The second kappa shape index (κ2) is 7.26. The maximum absolute atomic E-state index is 14.1. The van der Waals surface area contributed by atoms with Crippen molar-refractivity contribution in [1.29, 1.82) is 0 Å². The lowest BCUT2D eigenvalue weighted by Gasteiger charge is -2.33. The molecule has 1 saturated carbocycles. The van der Waals surface area contributed by atoms with E-state index in [1.807, 2.05) is 0 Å². The van der Waals surface area contributed by atoms with E-state index in [9.17, 15) is 13.6 Å². The Hall–Kier alpha value is -2.01. The van der Waals surface area contributed by atoms with Gasteiger partial charge in [-0.05, 0) is 37.1 Å². The molecule has 24 heavy (non-hydrogen) atoms. The molecule has 1 aliphatic rings. The van der Waals surface area contributed by atoms with E-state index < -0.39 is 11.6 Å². The first-order valence-electron chi connectivity index (χ1n) is 7.93. The highest BCUT2D eigenvalue weighted by Crippen LogP contribution is 2.36. The Balaban J connectivity index is 1.85. The number of aromatic nitrogens is 1. The lowest BCUT2D eigenvalue weighted by Crippen LogP contribution is -2.41. The van der Waals surface area contributed by atoms with Gasteiger partial charge in [-0.15, -0.1) is 0 Å². The van der Waals surface area contributed by atoms with E-state index in [4.69, 9.17) is 11.6 Å². The fourth-order valence-electron chi connectivity index (χ4n) is 3.32. The summed E-state index contributed by atoms with van der Waals surface area (Å²) < 4.78 is 28.3. The van der Waals surface area contributed by atoms with Crippen LogP contribution in [0.4, 0.5) is 8.78 Å². The number of pyridine rings is 1. The zero-order valence-corrected chi connectivity index (χ0v) is 13.7. The van der Waals surface area contributed by atoms with Crippen LogP contribution in [-0.4, -0.2) is 16.9 Å². The molecule has 0 spiro atoms. The molecule has 0 unspecified atom stereocenters. The first-order chi connectivity index (χ1) is 11.6. The summed E-state index contributed by atoms with van der Waals surface area (Å²) in [6.45, 7) is 0. The van der Waals surface area contributed by atoms with Crippen LogP contribution in [0.2, 0.25) is 5.15 Å². The number of hydrogen-bond acceptors (Lipinski definition) is 2. The van der Waals surface area contributed by atoms with Gasteiger partial charge in [0.25, 0.3) is 5.91 Å². The van der Waals surface area contributed by atoms with Gasteiger partial charge in [0.05, 0.1) is 5.56 Å². The fourth-order valence-corrected chi connectivity index (χ4v) is 3.52. The molecule has 1 heterocycles. The molecule has 3 nitrogen and oxygen atoms in total. The van der Waals surface area contributed by atoms with Crippen molar-refractivity contribution in [3.63, 3.8) is 0 Å². The average molecular weight is 351 g/mol. The van der Waals surface area contributed by atoms with Crippen molar-refractivity contribution in [2.24, 2.45) is 0 Å². The summed E-state index contributed by atoms with van der Waals surface area (Å²) in [6, 6.07) is 6.71. The van der Waals surface area contributed by atoms with E-state index in [2.05, 4.69) is 10.3 Å². The predicted octanol–water partition coefficient (Wildman–Crippen LogP) is 4.47. The number of benzene rings is 1. The molecule has 0 aliphatic heterocycles. The average Bonchev–Trinajstić information content (AvgIpc) is 2.56. The van der Waals surface area contributed by atoms with E-state index in [0.717, 1.165) is 12.8 Å². The Bertz CT molecular complexity index is 733. The van der Waals surface area contributed by atoms with E-state index in [0.29, 0.717) is 12.8 Å². The molecule has 6 heteroatoms. The molecule has 2 atom stereocenters. The first kappa shape index (κ1) is 16.8. The van der Waals surface area contributed by atoms with Crippen LogP contribution >= 0.6 is 11.6 Å². The van der Waals surface area contributed by atoms with E-state index >= 15 is 0 Å². The van der Waals surface area contributed by atoms with Gasteiger partial charge in [0.15, 0.2) is 0 Å². The Morgan fingerprint density at radius 1 is 1.12 bits per heavy atom. The maximum atomic E-state index is 14.1. The van der Waals surface area contributed by atoms with E-state index in [1.54, 1.807) is 12.1 Å². The topological polar surface area (TPSA) is 42.0 Å². The number of nitrogens with one attached hydrogen (secondary N) is 1. The van der Waals surface area contributed by atoms with Crippen LogP contribution in [0.3, 0.4) is 0 Å². The summed E-state index contributed by atoms with van der Waals surface area (Å²) in [4.78, 5) is 16.3. The van der Waals surface area contributed by atoms with E-state index in [1.165, 1.54) is 24.4 Å². The summed E-state index contributed by atoms with van der Waals surface area (Å²) in [5, 5.41) is 2.99. The monoisotopic (exact) mass is 350 g/mol. The van der Waals surface area contributed by atoms with Crippen molar-refractivity contribution in [3.8, 4) is 0 Å². The van der Waals surface area contributed by atoms with Crippen molar-refractivity contribution < 1.29 is 13.6 Å². The van der Waals surface area contributed by atoms with E-state index in [-0.39, 0.29) is 34.1 Å². The minimum Gasteiger partial charge on any atom is -0.349 e. The van der Waals surface area contributed by atoms with Crippen molar-refractivity contribution >= 4 is 17.5 Å². The third-order valence-corrected chi connectivity index (χ3v) is 4.76. The van der Waals surface area contributed by atoms with Crippen molar-refractivity contribution in [3.05, 3.63) is 64.4 Å². The van der Waals surface area contributed by atoms with Gasteiger partial charge < -0.3 is 5.32 Å². The number of rotatable bonds is 3. The van der Waals surface area contributed by atoms with Gasteiger partial charge in [-0.2, -0.15) is 0 Å². The zero-order valence-electron chi connectivity index (χ0n) is 12.9. The fraction of sp³-hybridized carbons (Fsp3) is 0.333. The largest absolute Gasteiger partial charge is 0.349 e. The number of amides is 1. The number of nitrogens with zero attached hydrogens (tertiary/aromatic N) is 1. The molecule has 1 aliphatic carbocycles. The highest BCUT2D eigenvalue weighted by molar-refractivity contribution is 6.32. The number of hydrogen-bond donors (Lipinski definition) is 1. The summed E-state index contributed by atoms with van der Waals surface area (Å²) >= 11 is 5.95. The van der Waals surface area contributed by atoms with Crippen LogP contribution in [0.1, 0.15) is 47.5 Å². The quantitative estimate of drug-likeness (QED) is 0.830. The number of carbonyl (C=O) groups is 1. The molecule has 2 aromatic rings. The highest BCUT2D eigenvalue weighted by atomic mass is 35.5. The Morgan fingerprint density at radius 3 is 2.54 bits per heavy atom. The zero-order chi connectivity index (χ0) is 17.1. The third kappa shape index (κ3) is 3.41. The molecule has 0 saturated heterocycles.